The summed E-state index contributed by atoms with van der Waals surface area (Å²) in [6, 6.07) is 7.02. The molecule has 25 heavy (non-hydrogen) atoms. The van der Waals surface area contributed by atoms with Gasteiger partial charge in [0.15, 0.2) is 5.13 Å². The fourth-order valence-corrected chi connectivity index (χ4v) is 3.02. The molecule has 0 spiro atoms. The van der Waals surface area contributed by atoms with E-state index in [2.05, 4.69) is 20.6 Å². The number of thiazole rings is 1. The molecule has 0 saturated heterocycles. The highest BCUT2D eigenvalue weighted by molar-refractivity contribution is 7.14. The second kappa shape index (κ2) is 7.27. The van der Waals surface area contributed by atoms with E-state index in [0.29, 0.717) is 33.0 Å². The lowest BCUT2D eigenvalue weighted by atomic mass is 10.1. The van der Waals surface area contributed by atoms with Crippen molar-refractivity contribution in [3.05, 3.63) is 47.1 Å². The van der Waals surface area contributed by atoms with Gasteiger partial charge in [-0.2, -0.15) is 0 Å². The normalized spacial score (nSPS) is 10.5. The van der Waals surface area contributed by atoms with E-state index in [0.717, 1.165) is 0 Å². The quantitative estimate of drug-likeness (QED) is 0.731. The third kappa shape index (κ3) is 3.74. The van der Waals surface area contributed by atoms with Gasteiger partial charge in [-0.05, 0) is 24.3 Å². The minimum absolute atomic E-state index is 0.129. The fraction of sp³-hybridized carbons (Fsp3) is 0.176. The number of nitrogens with one attached hydrogen (secondary N) is 2. The lowest BCUT2D eigenvalue weighted by Crippen LogP contribution is -2.20. The van der Waals surface area contributed by atoms with Gasteiger partial charge in [0, 0.05) is 24.0 Å². The van der Waals surface area contributed by atoms with Crippen molar-refractivity contribution in [1.29, 1.82) is 0 Å². The van der Waals surface area contributed by atoms with Gasteiger partial charge < -0.3 is 10.1 Å². The number of hydrogen-bond acceptors (Lipinski definition) is 6. The molecule has 2 amide bonds. The Hall–Kier alpha value is -3.00. The number of likely N-dealkylation sites (N-methyl/N-ethyl adjacent to an activating group) is 1. The molecule has 1 aromatic carbocycles. The number of carbonyl (C=O) groups is 2. The Kier molecular flexibility index (Phi) is 4.90. The molecule has 2 aromatic heterocycles. The van der Waals surface area contributed by atoms with Crippen LogP contribution in [0.5, 0.6) is 5.75 Å². The SMILES string of the molecule is CNC(=O)Cc1csc(NC(=O)c2ccnc3ccc(OC)cc23)n1. The van der Waals surface area contributed by atoms with Gasteiger partial charge in [0.1, 0.15) is 5.75 Å². The van der Waals surface area contributed by atoms with Crippen molar-refractivity contribution in [3.63, 3.8) is 0 Å². The van der Waals surface area contributed by atoms with Crippen LogP contribution in [0.2, 0.25) is 0 Å². The molecule has 3 aromatic rings. The van der Waals surface area contributed by atoms with Gasteiger partial charge in [-0.15, -0.1) is 11.3 Å². The maximum atomic E-state index is 12.6. The topological polar surface area (TPSA) is 93.2 Å². The summed E-state index contributed by atoms with van der Waals surface area (Å²) in [7, 11) is 3.14. The number of carbonyl (C=O) groups excluding carboxylic acids is 2. The molecule has 0 aliphatic rings. The zero-order valence-corrected chi connectivity index (χ0v) is 14.5. The number of rotatable bonds is 5. The molecule has 7 nitrogen and oxygen atoms in total. The van der Waals surface area contributed by atoms with E-state index in [1.807, 2.05) is 0 Å². The van der Waals surface area contributed by atoms with E-state index in [1.165, 1.54) is 11.3 Å². The minimum atomic E-state index is -0.290. The molecule has 0 aliphatic carbocycles. The first-order valence-corrected chi connectivity index (χ1v) is 8.37. The van der Waals surface area contributed by atoms with Crippen molar-refractivity contribution in [3.8, 4) is 5.75 Å². The van der Waals surface area contributed by atoms with Gasteiger partial charge in [0.2, 0.25) is 5.91 Å². The van der Waals surface area contributed by atoms with E-state index < -0.39 is 0 Å². The summed E-state index contributed by atoms with van der Waals surface area (Å²) in [4.78, 5) is 32.5. The summed E-state index contributed by atoms with van der Waals surface area (Å²) in [5.41, 5.74) is 1.79. The number of hydrogen-bond donors (Lipinski definition) is 2. The summed E-state index contributed by atoms with van der Waals surface area (Å²) >= 11 is 1.27. The fourth-order valence-electron chi connectivity index (χ4n) is 2.31. The van der Waals surface area contributed by atoms with E-state index in [1.54, 1.807) is 50.0 Å². The Balaban J connectivity index is 1.84. The van der Waals surface area contributed by atoms with Crippen LogP contribution in [0.25, 0.3) is 10.9 Å². The number of fused-ring (bicyclic) bond motifs is 1. The van der Waals surface area contributed by atoms with Gasteiger partial charge in [0.25, 0.3) is 5.91 Å². The number of pyridine rings is 1. The molecule has 2 heterocycles. The van der Waals surface area contributed by atoms with Crippen LogP contribution in [0.15, 0.2) is 35.8 Å². The van der Waals surface area contributed by atoms with Crippen molar-refractivity contribution in [2.24, 2.45) is 0 Å². The number of nitrogens with zero attached hydrogens (tertiary/aromatic N) is 2. The lowest BCUT2D eigenvalue weighted by molar-refractivity contribution is -0.120. The average molecular weight is 356 g/mol. The second-order valence-corrected chi connectivity index (χ2v) is 6.05. The summed E-state index contributed by atoms with van der Waals surface area (Å²) in [5.74, 6) is 0.230. The standard InChI is InChI=1S/C17H16N4O3S/c1-18-15(22)7-10-9-25-17(20-10)21-16(23)12-5-6-19-14-4-3-11(24-2)8-13(12)14/h3-6,8-9H,7H2,1-2H3,(H,18,22)(H,20,21,23). The Labute approximate surface area is 148 Å². The Morgan fingerprint density at radius 1 is 1.28 bits per heavy atom. The first-order valence-electron chi connectivity index (χ1n) is 7.50. The number of aromatic nitrogens is 2. The molecule has 0 bridgehead atoms. The Morgan fingerprint density at radius 2 is 2.12 bits per heavy atom. The molecule has 0 saturated carbocycles. The van der Waals surface area contributed by atoms with Crippen LogP contribution < -0.4 is 15.4 Å². The highest BCUT2D eigenvalue weighted by atomic mass is 32.1. The van der Waals surface area contributed by atoms with E-state index in [4.69, 9.17) is 4.74 Å². The third-order valence-electron chi connectivity index (χ3n) is 3.59. The van der Waals surface area contributed by atoms with Crippen LogP contribution in [0.3, 0.4) is 0 Å². The number of benzene rings is 1. The molecule has 0 fully saturated rings. The van der Waals surface area contributed by atoms with E-state index in [-0.39, 0.29) is 18.2 Å². The zero-order valence-electron chi connectivity index (χ0n) is 13.7. The molecular formula is C17H16N4O3S. The molecular weight excluding hydrogens is 340 g/mol. The average Bonchev–Trinajstić information content (AvgIpc) is 3.07. The largest absolute Gasteiger partial charge is 0.497 e. The number of methoxy groups -OCH3 is 1. The number of ether oxygens (including phenoxy) is 1. The van der Waals surface area contributed by atoms with E-state index in [9.17, 15) is 9.59 Å². The molecule has 3 rings (SSSR count). The molecule has 0 atom stereocenters. The summed E-state index contributed by atoms with van der Waals surface area (Å²) in [6.45, 7) is 0. The van der Waals surface area contributed by atoms with Gasteiger partial charge in [-0.3, -0.25) is 19.9 Å². The van der Waals surface area contributed by atoms with Crippen molar-refractivity contribution >= 4 is 39.2 Å². The molecule has 0 unspecified atom stereocenters. The monoisotopic (exact) mass is 356 g/mol. The summed E-state index contributed by atoms with van der Waals surface area (Å²) in [6.07, 6.45) is 1.76. The molecule has 8 heteroatoms. The van der Waals surface area contributed by atoms with Crippen molar-refractivity contribution in [1.82, 2.24) is 15.3 Å². The first kappa shape index (κ1) is 16.8. The molecule has 0 aliphatic heterocycles. The molecule has 2 N–H and O–H groups in total. The first-order chi connectivity index (χ1) is 12.1. The van der Waals surface area contributed by atoms with Crippen LogP contribution in [-0.2, 0) is 11.2 Å². The van der Waals surface area contributed by atoms with Crippen molar-refractivity contribution < 1.29 is 14.3 Å². The van der Waals surface area contributed by atoms with Gasteiger partial charge in [-0.25, -0.2) is 4.98 Å². The van der Waals surface area contributed by atoms with Gasteiger partial charge >= 0.3 is 0 Å². The van der Waals surface area contributed by atoms with Gasteiger partial charge in [-0.1, -0.05) is 0 Å². The molecule has 0 radical (unpaired) electrons. The highest BCUT2D eigenvalue weighted by Gasteiger charge is 2.14. The smallest absolute Gasteiger partial charge is 0.258 e. The maximum Gasteiger partial charge on any atom is 0.258 e. The maximum absolute atomic E-state index is 12.6. The van der Waals surface area contributed by atoms with Crippen LogP contribution in [0.1, 0.15) is 16.1 Å². The number of anilines is 1. The predicted octanol–water partition coefficient (Wildman–Crippen LogP) is 2.24. The second-order valence-electron chi connectivity index (χ2n) is 5.19. The minimum Gasteiger partial charge on any atom is -0.497 e. The van der Waals surface area contributed by atoms with Crippen LogP contribution in [-0.4, -0.2) is 35.9 Å². The van der Waals surface area contributed by atoms with Crippen molar-refractivity contribution in [2.45, 2.75) is 6.42 Å². The Bertz CT molecular complexity index is 939. The highest BCUT2D eigenvalue weighted by Crippen LogP contribution is 2.24. The molecule has 128 valence electrons. The van der Waals surface area contributed by atoms with Crippen LogP contribution >= 0.6 is 11.3 Å². The zero-order chi connectivity index (χ0) is 17.8. The van der Waals surface area contributed by atoms with Crippen LogP contribution in [0.4, 0.5) is 5.13 Å². The number of amides is 2. The van der Waals surface area contributed by atoms with Gasteiger partial charge in [0.05, 0.1) is 30.3 Å². The summed E-state index contributed by atoms with van der Waals surface area (Å²) in [5, 5.41) is 8.19. The summed E-state index contributed by atoms with van der Waals surface area (Å²) < 4.78 is 5.22. The Morgan fingerprint density at radius 3 is 2.88 bits per heavy atom. The van der Waals surface area contributed by atoms with Crippen molar-refractivity contribution in [2.75, 3.05) is 19.5 Å². The lowest BCUT2D eigenvalue weighted by Gasteiger charge is -2.07. The van der Waals surface area contributed by atoms with E-state index >= 15 is 0 Å². The van der Waals surface area contributed by atoms with Crippen LogP contribution in [0, 0.1) is 0 Å². The third-order valence-corrected chi connectivity index (χ3v) is 4.39. The predicted molar refractivity (Wildman–Crippen MR) is 96.1 cm³/mol.